The van der Waals surface area contributed by atoms with Gasteiger partial charge in [-0.25, -0.2) is 4.79 Å². The van der Waals surface area contributed by atoms with Gasteiger partial charge in [-0.15, -0.1) is 0 Å². The van der Waals surface area contributed by atoms with E-state index in [1.165, 1.54) is 7.11 Å². The van der Waals surface area contributed by atoms with Crippen molar-refractivity contribution in [2.75, 3.05) is 7.11 Å². The Morgan fingerprint density at radius 3 is 2.61 bits per heavy atom. The highest BCUT2D eigenvalue weighted by Crippen LogP contribution is 2.35. The van der Waals surface area contributed by atoms with Gasteiger partial charge in [0, 0.05) is 6.42 Å². The zero-order valence-electron chi connectivity index (χ0n) is 10.4. The van der Waals surface area contributed by atoms with Crippen molar-refractivity contribution in [2.24, 2.45) is 5.73 Å². The number of rotatable bonds is 2. The summed E-state index contributed by atoms with van der Waals surface area (Å²) in [5.41, 5.74) is 5.55. The molecule has 0 heterocycles. The minimum atomic E-state index is -1.44. The number of hydrogen-bond acceptors (Lipinski definition) is 4. The zero-order chi connectivity index (χ0) is 13.2. The lowest BCUT2D eigenvalue weighted by Crippen LogP contribution is -2.57. The average molecular weight is 247 g/mol. The molecule has 0 unspecified atom stereocenters. The molecule has 0 bridgehead atoms. The first-order valence-corrected chi connectivity index (χ1v) is 6.03. The van der Waals surface area contributed by atoms with Gasteiger partial charge in [-0.2, -0.15) is 0 Å². The van der Waals surface area contributed by atoms with Crippen molar-refractivity contribution in [1.29, 1.82) is 0 Å². The second kappa shape index (κ2) is 4.90. The third-order valence-electron chi connectivity index (χ3n) is 3.64. The van der Waals surface area contributed by atoms with E-state index in [9.17, 15) is 9.59 Å². The molecule has 18 heavy (non-hydrogen) atoms. The third kappa shape index (κ3) is 2.16. The molecule has 0 aliphatic heterocycles. The summed E-state index contributed by atoms with van der Waals surface area (Å²) in [6.45, 7) is 0. The molecule has 4 heteroatoms. The fourth-order valence-corrected chi connectivity index (χ4v) is 2.46. The van der Waals surface area contributed by atoms with Gasteiger partial charge >= 0.3 is 5.97 Å². The van der Waals surface area contributed by atoms with Crippen LogP contribution in [0.15, 0.2) is 30.3 Å². The van der Waals surface area contributed by atoms with E-state index < -0.39 is 11.5 Å². The summed E-state index contributed by atoms with van der Waals surface area (Å²) in [6.07, 6.45) is 1.37. The Labute approximate surface area is 106 Å². The maximum Gasteiger partial charge on any atom is 0.333 e. The lowest BCUT2D eigenvalue weighted by atomic mass is 9.74. The van der Waals surface area contributed by atoms with E-state index in [2.05, 4.69) is 4.74 Å². The average Bonchev–Trinajstić information content (AvgIpc) is 2.42. The van der Waals surface area contributed by atoms with E-state index in [-0.39, 0.29) is 11.7 Å². The van der Waals surface area contributed by atoms with Crippen molar-refractivity contribution in [3.63, 3.8) is 0 Å². The molecular formula is C14H17NO3. The summed E-state index contributed by atoms with van der Waals surface area (Å²) in [5, 5.41) is 0. The topological polar surface area (TPSA) is 69.4 Å². The molecular weight excluding hydrogens is 230 g/mol. The summed E-state index contributed by atoms with van der Waals surface area (Å²) in [4.78, 5) is 23.6. The van der Waals surface area contributed by atoms with Crippen LogP contribution in [-0.4, -0.2) is 24.4 Å². The molecule has 1 aliphatic carbocycles. The van der Waals surface area contributed by atoms with Gasteiger partial charge in [-0.3, -0.25) is 4.79 Å². The Bertz CT molecular complexity index is 457. The first-order valence-electron chi connectivity index (χ1n) is 6.03. The molecule has 0 spiro atoms. The molecule has 1 saturated carbocycles. The number of methoxy groups -OCH3 is 1. The first kappa shape index (κ1) is 12.8. The fraction of sp³-hybridized carbons (Fsp3) is 0.429. The van der Waals surface area contributed by atoms with Crippen LogP contribution in [0.5, 0.6) is 0 Å². The highest BCUT2D eigenvalue weighted by Gasteiger charge is 2.46. The number of ketones is 1. The number of carbonyl (C=O) groups excluding carboxylic acids is 2. The van der Waals surface area contributed by atoms with Crippen LogP contribution in [0.25, 0.3) is 0 Å². The molecule has 96 valence electrons. The molecule has 1 fully saturated rings. The number of carbonyl (C=O) groups is 2. The summed E-state index contributed by atoms with van der Waals surface area (Å²) >= 11 is 0. The van der Waals surface area contributed by atoms with E-state index in [1.54, 1.807) is 0 Å². The molecule has 0 radical (unpaired) electrons. The van der Waals surface area contributed by atoms with Crippen LogP contribution in [0.4, 0.5) is 0 Å². The standard InChI is InChI=1S/C14H17NO3/c1-18-13(17)14(15)8-7-11(9-12(14)16)10-5-3-2-4-6-10/h2-6,11H,7-9,15H2,1H3/t11-,14-/m0/s1. The Morgan fingerprint density at radius 1 is 1.39 bits per heavy atom. The van der Waals surface area contributed by atoms with Crippen LogP contribution in [0.1, 0.15) is 30.7 Å². The van der Waals surface area contributed by atoms with Gasteiger partial charge in [0.2, 0.25) is 0 Å². The van der Waals surface area contributed by atoms with Crippen molar-refractivity contribution in [3.8, 4) is 0 Å². The molecule has 0 amide bonds. The quantitative estimate of drug-likeness (QED) is 0.633. The highest BCUT2D eigenvalue weighted by molar-refractivity contribution is 6.09. The minimum Gasteiger partial charge on any atom is -0.467 e. The summed E-state index contributed by atoms with van der Waals surface area (Å²) in [7, 11) is 1.26. The van der Waals surface area contributed by atoms with Crippen LogP contribution in [0.3, 0.4) is 0 Å². The SMILES string of the molecule is COC(=O)[C@]1(N)CC[C@H](c2ccccc2)CC1=O. The molecule has 4 nitrogen and oxygen atoms in total. The Balaban J connectivity index is 2.14. The maximum atomic E-state index is 12.1. The number of ether oxygens (including phenoxy) is 1. The summed E-state index contributed by atoms with van der Waals surface area (Å²) in [5.74, 6) is -0.700. The van der Waals surface area contributed by atoms with Gasteiger partial charge in [0.25, 0.3) is 0 Å². The van der Waals surface area contributed by atoms with E-state index in [1.807, 2.05) is 30.3 Å². The fourth-order valence-electron chi connectivity index (χ4n) is 2.46. The molecule has 2 rings (SSSR count). The van der Waals surface area contributed by atoms with E-state index in [0.29, 0.717) is 12.8 Å². The van der Waals surface area contributed by atoms with Crippen LogP contribution in [0, 0.1) is 0 Å². The van der Waals surface area contributed by atoms with Gasteiger partial charge in [-0.05, 0) is 24.3 Å². The highest BCUT2D eigenvalue weighted by atomic mass is 16.5. The predicted molar refractivity (Wildman–Crippen MR) is 67.0 cm³/mol. The monoisotopic (exact) mass is 247 g/mol. The molecule has 1 aromatic rings. The van der Waals surface area contributed by atoms with E-state index >= 15 is 0 Å². The Kier molecular flexibility index (Phi) is 3.48. The van der Waals surface area contributed by atoms with Crippen molar-refractivity contribution in [3.05, 3.63) is 35.9 Å². The summed E-state index contributed by atoms with van der Waals surface area (Å²) in [6, 6.07) is 9.84. The number of nitrogens with two attached hydrogens (primary N) is 1. The Morgan fingerprint density at radius 2 is 2.06 bits per heavy atom. The molecule has 1 aliphatic rings. The van der Waals surface area contributed by atoms with Crippen LogP contribution in [-0.2, 0) is 14.3 Å². The van der Waals surface area contributed by atoms with Crippen molar-refractivity contribution in [1.82, 2.24) is 0 Å². The Hall–Kier alpha value is -1.68. The lowest BCUT2D eigenvalue weighted by Gasteiger charge is -2.33. The van der Waals surface area contributed by atoms with Gasteiger partial charge in [-0.1, -0.05) is 30.3 Å². The number of hydrogen-bond donors (Lipinski definition) is 1. The van der Waals surface area contributed by atoms with E-state index in [0.717, 1.165) is 12.0 Å². The third-order valence-corrected chi connectivity index (χ3v) is 3.64. The van der Waals surface area contributed by atoms with Gasteiger partial charge in [0.1, 0.15) is 0 Å². The number of esters is 1. The maximum absolute atomic E-state index is 12.1. The van der Waals surface area contributed by atoms with Crippen molar-refractivity contribution in [2.45, 2.75) is 30.7 Å². The molecule has 2 N–H and O–H groups in total. The molecule has 1 aromatic carbocycles. The van der Waals surface area contributed by atoms with Crippen molar-refractivity contribution >= 4 is 11.8 Å². The molecule has 0 aromatic heterocycles. The zero-order valence-corrected chi connectivity index (χ0v) is 10.4. The first-order chi connectivity index (χ1) is 8.58. The molecule has 2 atom stereocenters. The second-order valence-electron chi connectivity index (χ2n) is 4.74. The van der Waals surface area contributed by atoms with Gasteiger partial charge < -0.3 is 10.5 Å². The van der Waals surface area contributed by atoms with Crippen molar-refractivity contribution < 1.29 is 14.3 Å². The number of Topliss-reactive ketones (excluding diaryl/α,β-unsaturated/α-hetero) is 1. The lowest BCUT2D eigenvalue weighted by molar-refractivity contribution is -0.153. The van der Waals surface area contributed by atoms with Crippen LogP contribution in [0.2, 0.25) is 0 Å². The van der Waals surface area contributed by atoms with Crippen LogP contribution >= 0.6 is 0 Å². The van der Waals surface area contributed by atoms with Gasteiger partial charge in [0.05, 0.1) is 7.11 Å². The van der Waals surface area contributed by atoms with Gasteiger partial charge in [0.15, 0.2) is 11.3 Å². The van der Waals surface area contributed by atoms with E-state index in [4.69, 9.17) is 5.73 Å². The molecule has 0 saturated heterocycles. The normalized spacial score (nSPS) is 27.9. The number of benzene rings is 1. The minimum absolute atomic E-state index is 0.153. The largest absolute Gasteiger partial charge is 0.467 e. The second-order valence-corrected chi connectivity index (χ2v) is 4.74. The predicted octanol–water partition coefficient (Wildman–Crippen LogP) is 1.39. The smallest absolute Gasteiger partial charge is 0.333 e. The summed E-state index contributed by atoms with van der Waals surface area (Å²) < 4.78 is 4.62. The van der Waals surface area contributed by atoms with Crippen LogP contribution < -0.4 is 5.73 Å².